The van der Waals surface area contributed by atoms with Crippen LogP contribution in [0.15, 0.2) is 0 Å². The van der Waals surface area contributed by atoms with E-state index >= 15 is 0 Å². The third-order valence-corrected chi connectivity index (χ3v) is 3.53. The summed E-state index contributed by atoms with van der Waals surface area (Å²) in [5, 5.41) is 0. The number of hydrogen-bond acceptors (Lipinski definition) is 4. The molecule has 0 aromatic rings. The van der Waals surface area contributed by atoms with Crippen LogP contribution in [0.4, 0.5) is 0 Å². The molecule has 0 rings (SSSR count). The summed E-state index contributed by atoms with van der Waals surface area (Å²) in [5.74, 6) is 6.24. The first-order valence-corrected chi connectivity index (χ1v) is 9.30. The number of ether oxygens (including phenoxy) is 2. The van der Waals surface area contributed by atoms with E-state index < -0.39 is 0 Å². The maximum Gasteiger partial charge on any atom is 0.306 e. The molecule has 0 aliphatic carbocycles. The highest BCUT2D eigenvalue weighted by molar-refractivity contribution is 5.72. The summed E-state index contributed by atoms with van der Waals surface area (Å²) in [7, 11) is 0. The largest absolute Gasteiger partial charge is 0.466 e. The summed E-state index contributed by atoms with van der Waals surface area (Å²) < 4.78 is 10.5. The van der Waals surface area contributed by atoms with E-state index in [1.807, 2.05) is 6.92 Å². The van der Waals surface area contributed by atoms with Crippen molar-refractivity contribution in [3.8, 4) is 11.8 Å². The van der Waals surface area contributed by atoms with Crippen molar-refractivity contribution >= 4 is 11.9 Å². The lowest BCUT2D eigenvalue weighted by Crippen LogP contribution is -2.17. The van der Waals surface area contributed by atoms with Gasteiger partial charge in [0.15, 0.2) is 0 Å². The molecule has 138 valence electrons. The van der Waals surface area contributed by atoms with Gasteiger partial charge in [-0.15, -0.1) is 5.92 Å². The van der Waals surface area contributed by atoms with Crippen LogP contribution in [0.1, 0.15) is 85.5 Å². The van der Waals surface area contributed by atoms with Crippen molar-refractivity contribution in [1.82, 2.24) is 0 Å². The van der Waals surface area contributed by atoms with Gasteiger partial charge in [0.05, 0.1) is 6.61 Å². The zero-order valence-corrected chi connectivity index (χ0v) is 15.9. The van der Waals surface area contributed by atoms with E-state index in [2.05, 4.69) is 32.6 Å². The molecule has 0 amide bonds. The quantitative estimate of drug-likeness (QED) is 0.295. The number of hydrogen-bond donors (Lipinski definition) is 0. The zero-order valence-electron chi connectivity index (χ0n) is 15.9. The van der Waals surface area contributed by atoms with Gasteiger partial charge in [-0.05, 0) is 38.0 Å². The molecule has 0 N–H and O–H groups in total. The first-order chi connectivity index (χ1) is 11.5. The zero-order chi connectivity index (χ0) is 18.2. The molecular formula is C20H34O4. The highest BCUT2D eigenvalue weighted by Crippen LogP contribution is 2.08. The van der Waals surface area contributed by atoms with Crippen LogP contribution in [-0.4, -0.2) is 24.6 Å². The predicted octanol–water partition coefficient (Wildman–Crippen LogP) is 4.65. The van der Waals surface area contributed by atoms with E-state index in [0.29, 0.717) is 25.4 Å². The minimum Gasteiger partial charge on any atom is -0.466 e. The molecule has 0 bridgehead atoms. The highest BCUT2D eigenvalue weighted by atomic mass is 16.5. The van der Waals surface area contributed by atoms with Crippen molar-refractivity contribution in [2.75, 3.05) is 6.61 Å². The van der Waals surface area contributed by atoms with Crippen molar-refractivity contribution in [1.29, 1.82) is 0 Å². The lowest BCUT2D eigenvalue weighted by Gasteiger charge is -2.13. The lowest BCUT2D eigenvalue weighted by molar-refractivity contribution is -0.149. The Kier molecular flexibility index (Phi) is 14.1. The molecule has 0 radical (unpaired) electrons. The van der Waals surface area contributed by atoms with Crippen LogP contribution in [0.3, 0.4) is 0 Å². The second kappa shape index (κ2) is 15.1. The second-order valence-electron chi connectivity index (χ2n) is 6.44. The summed E-state index contributed by atoms with van der Waals surface area (Å²) in [6, 6.07) is 0. The van der Waals surface area contributed by atoms with Gasteiger partial charge in [0.25, 0.3) is 0 Å². The fourth-order valence-electron chi connectivity index (χ4n) is 2.04. The van der Waals surface area contributed by atoms with Gasteiger partial charge >= 0.3 is 11.9 Å². The van der Waals surface area contributed by atoms with Gasteiger partial charge in [0.1, 0.15) is 6.10 Å². The van der Waals surface area contributed by atoms with Gasteiger partial charge in [-0.25, -0.2) is 0 Å². The normalized spacial score (nSPS) is 11.5. The van der Waals surface area contributed by atoms with Crippen molar-refractivity contribution in [2.45, 2.75) is 91.6 Å². The first kappa shape index (κ1) is 22.5. The maximum absolute atomic E-state index is 11.8. The van der Waals surface area contributed by atoms with Crippen LogP contribution < -0.4 is 0 Å². The molecule has 4 heteroatoms. The third kappa shape index (κ3) is 14.1. The van der Waals surface area contributed by atoms with E-state index in [-0.39, 0.29) is 30.9 Å². The fourth-order valence-corrected chi connectivity index (χ4v) is 2.04. The van der Waals surface area contributed by atoms with Gasteiger partial charge in [-0.3, -0.25) is 9.59 Å². The molecule has 24 heavy (non-hydrogen) atoms. The fraction of sp³-hybridized carbons (Fsp3) is 0.800. The smallest absolute Gasteiger partial charge is 0.306 e. The Morgan fingerprint density at radius 2 is 1.71 bits per heavy atom. The standard InChI is InChI=1S/C20H34O4/c1-5-7-8-9-13-18(6-2)24-20(22)15-10-14-19(21)23-16-11-12-17(3)4/h17-18H,5-7,10-16H2,1-4H3. The molecule has 0 aromatic heterocycles. The first-order valence-electron chi connectivity index (χ1n) is 9.30. The summed E-state index contributed by atoms with van der Waals surface area (Å²) >= 11 is 0. The SMILES string of the molecule is CCCC#CCC(CC)OC(=O)CCCC(=O)OCCCC(C)C. The summed E-state index contributed by atoms with van der Waals surface area (Å²) in [5.41, 5.74) is 0. The molecular weight excluding hydrogens is 304 g/mol. The van der Waals surface area contributed by atoms with Crippen molar-refractivity contribution in [3.05, 3.63) is 0 Å². The average molecular weight is 338 g/mol. The Bertz CT molecular complexity index is 404. The summed E-state index contributed by atoms with van der Waals surface area (Å²) in [6.07, 6.45) is 6.04. The van der Waals surface area contributed by atoms with Crippen LogP contribution in [0, 0.1) is 17.8 Å². The third-order valence-electron chi connectivity index (χ3n) is 3.53. The monoisotopic (exact) mass is 338 g/mol. The number of carbonyl (C=O) groups excluding carboxylic acids is 2. The molecule has 0 saturated heterocycles. The van der Waals surface area contributed by atoms with Crippen LogP contribution in [0.5, 0.6) is 0 Å². The van der Waals surface area contributed by atoms with Crippen LogP contribution in [0.25, 0.3) is 0 Å². The molecule has 0 spiro atoms. The second-order valence-corrected chi connectivity index (χ2v) is 6.44. The predicted molar refractivity (Wildman–Crippen MR) is 96.4 cm³/mol. The van der Waals surface area contributed by atoms with E-state index in [1.54, 1.807) is 0 Å². The van der Waals surface area contributed by atoms with Crippen LogP contribution in [-0.2, 0) is 19.1 Å². The van der Waals surface area contributed by atoms with Gasteiger partial charge in [0, 0.05) is 25.7 Å². The Balaban J connectivity index is 3.80. The molecule has 0 aliphatic heterocycles. The Morgan fingerprint density at radius 1 is 1.00 bits per heavy atom. The number of carbonyl (C=O) groups is 2. The van der Waals surface area contributed by atoms with Crippen LogP contribution in [0.2, 0.25) is 0 Å². The topological polar surface area (TPSA) is 52.6 Å². The van der Waals surface area contributed by atoms with Crippen molar-refractivity contribution in [3.63, 3.8) is 0 Å². The minimum atomic E-state index is -0.258. The highest BCUT2D eigenvalue weighted by Gasteiger charge is 2.12. The molecule has 0 heterocycles. The van der Waals surface area contributed by atoms with Crippen LogP contribution >= 0.6 is 0 Å². The van der Waals surface area contributed by atoms with Gasteiger partial charge in [-0.2, -0.15) is 0 Å². The van der Waals surface area contributed by atoms with E-state index in [1.165, 1.54) is 0 Å². The van der Waals surface area contributed by atoms with E-state index in [4.69, 9.17) is 9.47 Å². The minimum absolute atomic E-state index is 0.148. The molecule has 0 fully saturated rings. The lowest BCUT2D eigenvalue weighted by atomic mass is 10.1. The molecule has 4 nitrogen and oxygen atoms in total. The Morgan fingerprint density at radius 3 is 2.33 bits per heavy atom. The Labute approximate surface area is 147 Å². The van der Waals surface area contributed by atoms with E-state index in [9.17, 15) is 9.59 Å². The molecule has 0 saturated carbocycles. The molecule has 1 atom stereocenters. The van der Waals surface area contributed by atoms with Gasteiger partial charge in [0.2, 0.25) is 0 Å². The maximum atomic E-state index is 11.8. The van der Waals surface area contributed by atoms with Crippen molar-refractivity contribution in [2.24, 2.45) is 5.92 Å². The average Bonchev–Trinajstić information content (AvgIpc) is 2.54. The molecule has 1 unspecified atom stereocenters. The molecule has 0 aromatic carbocycles. The van der Waals surface area contributed by atoms with Crippen molar-refractivity contribution < 1.29 is 19.1 Å². The number of esters is 2. The Hall–Kier alpha value is -1.50. The summed E-state index contributed by atoms with van der Waals surface area (Å²) in [6.45, 7) is 8.82. The molecule has 0 aliphatic rings. The van der Waals surface area contributed by atoms with E-state index in [0.717, 1.165) is 32.1 Å². The number of unbranched alkanes of at least 4 members (excludes halogenated alkanes) is 1. The summed E-state index contributed by atoms with van der Waals surface area (Å²) in [4.78, 5) is 23.4. The van der Waals surface area contributed by atoms with Gasteiger partial charge in [-0.1, -0.05) is 33.6 Å². The van der Waals surface area contributed by atoms with Gasteiger partial charge < -0.3 is 9.47 Å². The number of rotatable bonds is 12.